The fourth-order valence-electron chi connectivity index (χ4n) is 1.86. The maximum atomic E-state index is 12.2. The maximum Gasteiger partial charge on any atom is 0.323 e. The van der Waals surface area contributed by atoms with Crippen LogP contribution >= 0.6 is 0 Å². The normalized spacial score (nSPS) is 11.3. The first-order valence-electron chi connectivity index (χ1n) is 6.66. The molecule has 0 aromatic heterocycles. The molecule has 112 valence electrons. The maximum absolute atomic E-state index is 12.2. The third-order valence-electron chi connectivity index (χ3n) is 2.79. The average Bonchev–Trinajstić information content (AvgIpc) is 2.46. The number of carbonyl (C=O) groups is 2. The molecule has 6 heteroatoms. The molecule has 1 rings (SSSR count). The van der Waals surface area contributed by atoms with Gasteiger partial charge in [-0.2, -0.15) is 5.26 Å². The van der Waals surface area contributed by atoms with Crippen LogP contribution in [-0.2, 0) is 9.59 Å². The highest BCUT2D eigenvalue weighted by molar-refractivity contribution is 5.84. The zero-order chi connectivity index (χ0) is 15.8. The van der Waals surface area contributed by atoms with E-state index in [9.17, 15) is 9.59 Å². The molecule has 0 aliphatic rings. The minimum atomic E-state index is -1.07. The Bertz CT molecular complexity index is 551. The van der Waals surface area contributed by atoms with Gasteiger partial charge in [0.1, 0.15) is 18.4 Å². The quantitative estimate of drug-likeness (QED) is 0.824. The summed E-state index contributed by atoms with van der Waals surface area (Å²) in [5.74, 6) is -1.17. The summed E-state index contributed by atoms with van der Waals surface area (Å²) in [7, 11) is 0. The van der Waals surface area contributed by atoms with Crippen molar-refractivity contribution >= 4 is 11.9 Å². The van der Waals surface area contributed by atoms with Crippen molar-refractivity contribution in [3.05, 3.63) is 29.8 Å². The number of nitrogens with zero attached hydrogens (tertiary/aromatic N) is 2. The smallest absolute Gasteiger partial charge is 0.323 e. The first-order chi connectivity index (χ1) is 9.99. The molecule has 0 radical (unpaired) electrons. The van der Waals surface area contributed by atoms with Gasteiger partial charge >= 0.3 is 5.97 Å². The molecule has 0 fully saturated rings. The first kappa shape index (κ1) is 16.5. The van der Waals surface area contributed by atoms with Crippen molar-refractivity contribution in [1.82, 2.24) is 4.90 Å². The molecular weight excluding hydrogens is 272 g/mol. The second-order valence-corrected chi connectivity index (χ2v) is 4.52. The van der Waals surface area contributed by atoms with E-state index in [1.54, 1.807) is 31.2 Å². The summed E-state index contributed by atoms with van der Waals surface area (Å²) in [5, 5.41) is 17.8. The van der Waals surface area contributed by atoms with Crippen LogP contribution in [0.4, 0.5) is 0 Å². The molecular formula is C15H18N2O4. The molecule has 0 bridgehead atoms. The molecule has 1 N–H and O–H groups in total. The van der Waals surface area contributed by atoms with Crippen molar-refractivity contribution in [3.63, 3.8) is 0 Å². The summed E-state index contributed by atoms with van der Waals surface area (Å²) in [4.78, 5) is 24.3. The van der Waals surface area contributed by atoms with E-state index >= 15 is 0 Å². The molecule has 0 spiro atoms. The predicted molar refractivity (Wildman–Crippen MR) is 75.8 cm³/mol. The largest absolute Gasteiger partial charge is 0.480 e. The second kappa shape index (κ2) is 7.90. The van der Waals surface area contributed by atoms with Crippen molar-refractivity contribution in [2.24, 2.45) is 0 Å². The van der Waals surface area contributed by atoms with Crippen LogP contribution in [0.3, 0.4) is 0 Å². The lowest BCUT2D eigenvalue weighted by atomic mass is 10.2. The van der Waals surface area contributed by atoms with Gasteiger partial charge in [-0.1, -0.05) is 19.1 Å². The molecule has 1 aromatic carbocycles. The molecule has 0 heterocycles. The van der Waals surface area contributed by atoms with Crippen LogP contribution < -0.4 is 4.74 Å². The van der Waals surface area contributed by atoms with Gasteiger partial charge < -0.3 is 14.7 Å². The first-order valence-corrected chi connectivity index (χ1v) is 6.66. The predicted octanol–water partition coefficient (Wildman–Crippen LogP) is 1.65. The Morgan fingerprint density at radius 2 is 2.10 bits per heavy atom. The molecule has 1 amide bonds. The van der Waals surface area contributed by atoms with Gasteiger partial charge in [-0.05, 0) is 25.5 Å². The Labute approximate surface area is 123 Å². The number of ether oxygens (including phenoxy) is 1. The molecule has 1 unspecified atom stereocenters. The number of benzene rings is 1. The van der Waals surface area contributed by atoms with E-state index in [2.05, 4.69) is 0 Å². The molecule has 0 saturated carbocycles. The van der Waals surface area contributed by atoms with Crippen LogP contribution in [-0.4, -0.2) is 41.1 Å². The van der Waals surface area contributed by atoms with E-state index in [1.807, 2.05) is 13.0 Å². The van der Waals surface area contributed by atoms with Crippen molar-refractivity contribution in [1.29, 1.82) is 5.26 Å². The summed E-state index contributed by atoms with van der Waals surface area (Å²) in [6.45, 7) is 3.39. The number of carboxylic acids is 1. The van der Waals surface area contributed by atoms with Crippen LogP contribution in [0, 0.1) is 11.3 Å². The van der Waals surface area contributed by atoms with E-state index in [0.717, 1.165) is 0 Å². The van der Waals surface area contributed by atoms with Gasteiger partial charge in [0.05, 0.1) is 5.56 Å². The molecule has 6 nitrogen and oxygen atoms in total. The molecule has 1 atom stereocenters. The Kier molecular flexibility index (Phi) is 6.21. The highest BCUT2D eigenvalue weighted by atomic mass is 16.5. The molecule has 1 aromatic rings. The van der Waals surface area contributed by atoms with Crippen molar-refractivity contribution in [3.8, 4) is 11.8 Å². The number of hydrogen-bond acceptors (Lipinski definition) is 4. The number of nitriles is 1. The summed E-state index contributed by atoms with van der Waals surface area (Å²) >= 11 is 0. The summed E-state index contributed by atoms with van der Waals surface area (Å²) in [5.41, 5.74) is 0.331. The third kappa shape index (κ3) is 4.80. The van der Waals surface area contributed by atoms with Gasteiger partial charge in [0.15, 0.2) is 6.10 Å². The van der Waals surface area contributed by atoms with Gasteiger partial charge in [-0.25, -0.2) is 0 Å². The minimum Gasteiger partial charge on any atom is -0.480 e. The van der Waals surface area contributed by atoms with E-state index < -0.39 is 18.0 Å². The second-order valence-electron chi connectivity index (χ2n) is 4.52. The van der Waals surface area contributed by atoms with E-state index in [1.165, 1.54) is 4.90 Å². The van der Waals surface area contributed by atoms with Gasteiger partial charge in [-0.15, -0.1) is 0 Å². The van der Waals surface area contributed by atoms with Crippen LogP contribution in [0.15, 0.2) is 24.3 Å². The average molecular weight is 290 g/mol. The Morgan fingerprint density at radius 1 is 1.43 bits per heavy atom. The number of carboxylic acid groups (broad SMARTS) is 1. The minimum absolute atomic E-state index is 0.313. The number of carbonyl (C=O) groups excluding carboxylic acids is 1. The molecule has 0 saturated heterocycles. The van der Waals surface area contributed by atoms with Gasteiger partial charge in [0.2, 0.25) is 0 Å². The number of aliphatic carboxylic acids is 1. The van der Waals surface area contributed by atoms with Crippen molar-refractivity contribution in [2.45, 2.75) is 26.4 Å². The number of para-hydroxylation sites is 1. The number of rotatable bonds is 7. The van der Waals surface area contributed by atoms with Crippen molar-refractivity contribution in [2.75, 3.05) is 13.1 Å². The summed E-state index contributed by atoms with van der Waals surface area (Å²) < 4.78 is 5.50. The van der Waals surface area contributed by atoms with E-state index in [4.69, 9.17) is 15.1 Å². The van der Waals surface area contributed by atoms with Crippen LogP contribution in [0.5, 0.6) is 5.75 Å². The molecule has 0 aliphatic heterocycles. The fraction of sp³-hybridized carbons (Fsp3) is 0.400. The fourth-order valence-corrected chi connectivity index (χ4v) is 1.86. The zero-order valence-corrected chi connectivity index (χ0v) is 12.1. The topological polar surface area (TPSA) is 90.6 Å². The lowest BCUT2D eigenvalue weighted by Crippen LogP contribution is -2.43. The lowest BCUT2D eigenvalue weighted by Gasteiger charge is -2.24. The number of amides is 1. The third-order valence-corrected chi connectivity index (χ3v) is 2.79. The van der Waals surface area contributed by atoms with Gasteiger partial charge in [0, 0.05) is 6.54 Å². The Morgan fingerprint density at radius 3 is 2.67 bits per heavy atom. The van der Waals surface area contributed by atoms with Crippen LogP contribution in [0.2, 0.25) is 0 Å². The van der Waals surface area contributed by atoms with E-state index in [-0.39, 0.29) is 6.54 Å². The van der Waals surface area contributed by atoms with Crippen LogP contribution in [0.25, 0.3) is 0 Å². The Balaban J connectivity index is 2.81. The standard InChI is InChI=1S/C15H18N2O4/c1-3-8-17(10-14(18)19)15(20)11(2)21-13-7-5-4-6-12(13)9-16/h4-7,11H,3,8,10H2,1-2H3,(H,18,19). The summed E-state index contributed by atoms with van der Waals surface area (Å²) in [6.07, 6.45) is -0.203. The zero-order valence-electron chi connectivity index (χ0n) is 12.1. The molecule has 0 aliphatic carbocycles. The highest BCUT2D eigenvalue weighted by Gasteiger charge is 2.24. The van der Waals surface area contributed by atoms with Gasteiger partial charge in [0.25, 0.3) is 5.91 Å². The monoisotopic (exact) mass is 290 g/mol. The SMILES string of the molecule is CCCN(CC(=O)O)C(=O)C(C)Oc1ccccc1C#N. The number of hydrogen-bond donors (Lipinski definition) is 1. The summed E-state index contributed by atoms with van der Waals surface area (Å²) in [6, 6.07) is 8.58. The van der Waals surface area contributed by atoms with Crippen molar-refractivity contribution < 1.29 is 19.4 Å². The lowest BCUT2D eigenvalue weighted by molar-refractivity contribution is -0.147. The van der Waals surface area contributed by atoms with Gasteiger partial charge in [-0.3, -0.25) is 9.59 Å². The molecule has 21 heavy (non-hydrogen) atoms. The van der Waals surface area contributed by atoms with Crippen LogP contribution in [0.1, 0.15) is 25.8 Å². The Hall–Kier alpha value is -2.55. The van der Waals surface area contributed by atoms with E-state index in [0.29, 0.717) is 24.3 Å². The highest BCUT2D eigenvalue weighted by Crippen LogP contribution is 2.18.